The average Bonchev–Trinajstić information content (AvgIpc) is 2.46. The molecule has 0 aliphatic rings. The van der Waals surface area contributed by atoms with E-state index in [9.17, 15) is 21.6 Å². The summed E-state index contributed by atoms with van der Waals surface area (Å²) in [5.41, 5.74) is 1.39. The van der Waals surface area contributed by atoms with Crippen LogP contribution in [-0.4, -0.2) is 8.42 Å². The van der Waals surface area contributed by atoms with E-state index in [-0.39, 0.29) is 10.6 Å². The molecule has 0 heterocycles. The summed E-state index contributed by atoms with van der Waals surface area (Å²) in [6.07, 6.45) is -4.68. The lowest BCUT2D eigenvalue weighted by Gasteiger charge is -2.17. The molecule has 2 aromatic rings. The van der Waals surface area contributed by atoms with Crippen LogP contribution in [0.5, 0.6) is 0 Å². The number of alkyl halides is 3. The molecule has 0 bridgehead atoms. The van der Waals surface area contributed by atoms with E-state index < -0.39 is 26.8 Å². The number of sulfonamides is 1. The zero-order valence-electron chi connectivity index (χ0n) is 14.0. The molecule has 0 saturated carbocycles. The molecule has 0 spiro atoms. The highest BCUT2D eigenvalue weighted by molar-refractivity contribution is 7.92. The lowest BCUT2D eigenvalue weighted by molar-refractivity contribution is -0.137. The van der Waals surface area contributed by atoms with E-state index in [2.05, 4.69) is 4.72 Å². The van der Waals surface area contributed by atoms with Crippen LogP contribution in [0.15, 0.2) is 29.2 Å². The highest BCUT2D eigenvalue weighted by Gasteiger charge is 2.34. The number of hydrogen-bond donors (Lipinski definition) is 1. The minimum absolute atomic E-state index is 0.0773. The second kappa shape index (κ2) is 6.53. The maximum Gasteiger partial charge on any atom is 0.417 e. The van der Waals surface area contributed by atoms with Crippen LogP contribution in [0.1, 0.15) is 27.8 Å². The van der Waals surface area contributed by atoms with Gasteiger partial charge in [0.25, 0.3) is 10.0 Å². The van der Waals surface area contributed by atoms with Crippen molar-refractivity contribution in [2.45, 2.75) is 38.8 Å². The molecule has 0 aromatic heterocycles. The van der Waals surface area contributed by atoms with Gasteiger partial charge in [-0.05, 0) is 68.1 Å². The number of nitrogens with one attached hydrogen (secondary N) is 1. The summed E-state index contributed by atoms with van der Waals surface area (Å²) >= 11 is 5.56. The Morgan fingerprint density at radius 3 is 1.96 bits per heavy atom. The Morgan fingerprint density at radius 1 is 0.960 bits per heavy atom. The first-order valence-corrected chi connectivity index (χ1v) is 9.17. The first-order valence-electron chi connectivity index (χ1n) is 7.31. The molecule has 0 saturated heterocycles. The fourth-order valence-electron chi connectivity index (χ4n) is 2.60. The number of rotatable bonds is 3. The molecule has 136 valence electrons. The standard InChI is InChI=1S/C17H17ClF3NO2S/c1-9-7-10(2)12(4)16(11(9)3)25(23,24)22-13-5-6-15(18)14(8-13)17(19,20)21/h5-8,22H,1-4H3. The predicted octanol–water partition coefficient (Wildman–Crippen LogP) is 5.39. The first kappa shape index (κ1) is 19.6. The molecule has 0 unspecified atom stereocenters. The molecule has 2 aromatic carbocycles. The topological polar surface area (TPSA) is 46.2 Å². The van der Waals surface area contributed by atoms with Crippen molar-refractivity contribution in [3.8, 4) is 0 Å². The Bertz CT molecular complexity index is 912. The fourth-order valence-corrected chi connectivity index (χ4v) is 4.49. The Hall–Kier alpha value is -1.73. The van der Waals surface area contributed by atoms with E-state index in [1.165, 1.54) is 6.07 Å². The fraction of sp³-hybridized carbons (Fsp3) is 0.294. The van der Waals surface area contributed by atoms with Crippen LogP contribution in [0.25, 0.3) is 0 Å². The molecule has 0 radical (unpaired) electrons. The van der Waals surface area contributed by atoms with Gasteiger partial charge in [-0.1, -0.05) is 17.7 Å². The van der Waals surface area contributed by atoms with Crippen LogP contribution in [0, 0.1) is 27.7 Å². The molecule has 8 heteroatoms. The second-order valence-electron chi connectivity index (χ2n) is 5.89. The monoisotopic (exact) mass is 391 g/mol. The molecule has 3 nitrogen and oxygen atoms in total. The second-order valence-corrected chi connectivity index (χ2v) is 7.91. The van der Waals surface area contributed by atoms with Crippen molar-refractivity contribution in [3.05, 3.63) is 57.1 Å². The molecule has 25 heavy (non-hydrogen) atoms. The van der Waals surface area contributed by atoms with E-state index in [0.717, 1.165) is 17.2 Å². The van der Waals surface area contributed by atoms with Gasteiger partial charge >= 0.3 is 6.18 Å². The summed E-state index contributed by atoms with van der Waals surface area (Å²) in [5.74, 6) is 0. The highest BCUT2D eigenvalue weighted by Crippen LogP contribution is 2.37. The highest BCUT2D eigenvalue weighted by atomic mass is 35.5. The summed E-state index contributed by atoms with van der Waals surface area (Å²) in [7, 11) is -4.06. The maximum atomic E-state index is 13.0. The maximum absolute atomic E-state index is 13.0. The van der Waals surface area contributed by atoms with Gasteiger partial charge in [0.05, 0.1) is 15.5 Å². The SMILES string of the molecule is Cc1cc(C)c(C)c(S(=O)(=O)Nc2ccc(Cl)c(C(F)(F)F)c2)c1C. The molecular weight excluding hydrogens is 375 g/mol. The minimum Gasteiger partial charge on any atom is -0.280 e. The Balaban J connectivity index is 2.55. The quantitative estimate of drug-likeness (QED) is 0.762. The van der Waals surface area contributed by atoms with Crippen molar-refractivity contribution in [2.75, 3.05) is 4.72 Å². The molecule has 0 atom stereocenters. The van der Waals surface area contributed by atoms with Gasteiger partial charge in [-0.25, -0.2) is 8.42 Å². The zero-order chi connectivity index (χ0) is 19.2. The van der Waals surface area contributed by atoms with E-state index in [0.29, 0.717) is 17.2 Å². The largest absolute Gasteiger partial charge is 0.417 e. The number of halogens is 4. The number of benzene rings is 2. The van der Waals surface area contributed by atoms with Crippen LogP contribution in [0.3, 0.4) is 0 Å². The van der Waals surface area contributed by atoms with Gasteiger partial charge in [0, 0.05) is 5.69 Å². The Labute approximate surface area is 149 Å². The van der Waals surface area contributed by atoms with Gasteiger partial charge in [-0.3, -0.25) is 4.72 Å². The van der Waals surface area contributed by atoms with Crippen molar-refractivity contribution in [1.29, 1.82) is 0 Å². The van der Waals surface area contributed by atoms with Gasteiger partial charge in [-0.2, -0.15) is 13.2 Å². The Kier molecular flexibility index (Phi) is 5.12. The summed E-state index contributed by atoms with van der Waals surface area (Å²) < 4.78 is 66.6. The Morgan fingerprint density at radius 2 is 1.48 bits per heavy atom. The minimum atomic E-state index is -4.68. The molecule has 0 aliphatic heterocycles. The smallest absolute Gasteiger partial charge is 0.280 e. The van der Waals surface area contributed by atoms with Gasteiger partial charge < -0.3 is 0 Å². The molecule has 0 amide bonds. The van der Waals surface area contributed by atoms with Crippen molar-refractivity contribution in [2.24, 2.45) is 0 Å². The predicted molar refractivity (Wildman–Crippen MR) is 92.7 cm³/mol. The molecular formula is C17H17ClF3NO2S. The summed E-state index contributed by atoms with van der Waals surface area (Å²) in [6, 6.07) is 4.77. The van der Waals surface area contributed by atoms with Crippen molar-refractivity contribution < 1.29 is 21.6 Å². The van der Waals surface area contributed by atoms with Gasteiger partial charge in [0.15, 0.2) is 0 Å². The van der Waals surface area contributed by atoms with Crippen LogP contribution in [-0.2, 0) is 16.2 Å². The molecule has 1 N–H and O–H groups in total. The first-order chi connectivity index (χ1) is 11.3. The van der Waals surface area contributed by atoms with Crippen molar-refractivity contribution in [3.63, 3.8) is 0 Å². The molecule has 2 rings (SSSR count). The summed E-state index contributed by atoms with van der Waals surface area (Å²) in [6.45, 7) is 6.90. The van der Waals surface area contributed by atoms with E-state index >= 15 is 0 Å². The van der Waals surface area contributed by atoms with Gasteiger partial charge in [-0.15, -0.1) is 0 Å². The summed E-state index contributed by atoms with van der Waals surface area (Å²) in [4.78, 5) is 0.0773. The third-order valence-electron chi connectivity index (χ3n) is 4.09. The van der Waals surface area contributed by atoms with Crippen LogP contribution in [0.4, 0.5) is 18.9 Å². The van der Waals surface area contributed by atoms with Crippen molar-refractivity contribution in [1.82, 2.24) is 0 Å². The zero-order valence-corrected chi connectivity index (χ0v) is 15.6. The van der Waals surface area contributed by atoms with E-state index in [1.54, 1.807) is 27.7 Å². The number of anilines is 1. The third-order valence-corrected chi connectivity index (χ3v) is 6.07. The summed E-state index contributed by atoms with van der Waals surface area (Å²) in [5, 5.41) is -0.491. The van der Waals surface area contributed by atoms with E-state index in [4.69, 9.17) is 11.6 Å². The van der Waals surface area contributed by atoms with E-state index in [1.807, 2.05) is 6.07 Å². The average molecular weight is 392 g/mol. The lowest BCUT2D eigenvalue weighted by atomic mass is 10.0. The van der Waals surface area contributed by atoms with Crippen LogP contribution < -0.4 is 4.72 Å². The van der Waals surface area contributed by atoms with Crippen LogP contribution >= 0.6 is 11.6 Å². The third kappa shape index (κ3) is 3.93. The number of aryl methyl sites for hydroxylation is 2. The molecule has 0 aliphatic carbocycles. The van der Waals surface area contributed by atoms with Gasteiger partial charge in [0.1, 0.15) is 0 Å². The number of hydrogen-bond acceptors (Lipinski definition) is 2. The molecule has 0 fully saturated rings. The van der Waals surface area contributed by atoms with Gasteiger partial charge in [0.2, 0.25) is 0 Å². The van der Waals surface area contributed by atoms with Crippen molar-refractivity contribution >= 4 is 27.3 Å². The lowest BCUT2D eigenvalue weighted by Crippen LogP contribution is -2.17. The van der Waals surface area contributed by atoms with Crippen LogP contribution in [0.2, 0.25) is 5.02 Å². The normalized spacial score (nSPS) is 12.3.